The van der Waals surface area contributed by atoms with E-state index in [9.17, 15) is 0 Å². The molecule has 0 heterocycles. The van der Waals surface area contributed by atoms with Crippen LogP contribution in [0.2, 0.25) is 0 Å². The zero-order valence-corrected chi connectivity index (χ0v) is 10.9. The van der Waals surface area contributed by atoms with Crippen LogP contribution in [-0.4, -0.2) is 43.9 Å². The van der Waals surface area contributed by atoms with Gasteiger partial charge in [0.1, 0.15) is 5.75 Å². The average molecular weight is 248 g/mol. The predicted octanol–water partition coefficient (Wildman–Crippen LogP) is 0.430. The van der Waals surface area contributed by atoms with E-state index in [2.05, 4.69) is 11.8 Å². The molecule has 0 atom stereocenters. The van der Waals surface area contributed by atoms with Gasteiger partial charge in [0.15, 0.2) is 0 Å². The van der Waals surface area contributed by atoms with Crippen molar-refractivity contribution in [2.24, 2.45) is 5.73 Å². The van der Waals surface area contributed by atoms with Crippen LogP contribution in [-0.2, 0) is 6.54 Å². The number of aliphatic hydroxyl groups is 1. The van der Waals surface area contributed by atoms with Gasteiger partial charge in [0.2, 0.25) is 0 Å². The summed E-state index contributed by atoms with van der Waals surface area (Å²) in [5.41, 5.74) is 7.35. The minimum Gasteiger partial charge on any atom is -0.495 e. The van der Waals surface area contributed by atoms with Gasteiger partial charge in [0.05, 0.1) is 25.8 Å². The first-order chi connectivity index (χ1) is 8.71. The lowest BCUT2D eigenvalue weighted by atomic mass is 10.1. The fourth-order valence-corrected chi connectivity index (χ4v) is 1.66. The molecule has 1 aromatic carbocycles. The molecule has 0 saturated carbocycles. The molecule has 4 heteroatoms. The quantitative estimate of drug-likeness (QED) is 0.742. The van der Waals surface area contributed by atoms with Crippen molar-refractivity contribution in [2.45, 2.75) is 6.54 Å². The second-order valence-electron chi connectivity index (χ2n) is 4.00. The van der Waals surface area contributed by atoms with Gasteiger partial charge in [-0.2, -0.15) is 0 Å². The number of nitrogens with two attached hydrogens (primary N) is 1. The summed E-state index contributed by atoms with van der Waals surface area (Å²) in [5.74, 6) is 6.58. The summed E-state index contributed by atoms with van der Waals surface area (Å²) in [4.78, 5) is 2.04. The van der Waals surface area contributed by atoms with E-state index in [1.807, 2.05) is 30.1 Å². The highest BCUT2D eigenvalue weighted by Gasteiger charge is 2.04. The Bertz CT molecular complexity index is 435. The Labute approximate surface area is 108 Å². The molecule has 0 saturated heterocycles. The van der Waals surface area contributed by atoms with Crippen molar-refractivity contribution in [3.05, 3.63) is 29.3 Å². The molecule has 0 bridgehead atoms. The van der Waals surface area contributed by atoms with Crippen LogP contribution >= 0.6 is 0 Å². The van der Waals surface area contributed by atoms with Crippen LogP contribution in [0, 0.1) is 11.8 Å². The normalized spacial score (nSPS) is 10.1. The fraction of sp³-hybridized carbons (Fsp3) is 0.429. The first-order valence-electron chi connectivity index (χ1n) is 5.86. The first-order valence-corrected chi connectivity index (χ1v) is 5.86. The predicted molar refractivity (Wildman–Crippen MR) is 72.3 cm³/mol. The number of ether oxygens (including phenoxy) is 1. The lowest BCUT2D eigenvalue weighted by Gasteiger charge is -2.15. The van der Waals surface area contributed by atoms with Crippen LogP contribution in [0.1, 0.15) is 11.1 Å². The van der Waals surface area contributed by atoms with E-state index >= 15 is 0 Å². The van der Waals surface area contributed by atoms with Crippen molar-refractivity contribution in [3.8, 4) is 17.6 Å². The van der Waals surface area contributed by atoms with Crippen molar-refractivity contribution < 1.29 is 9.84 Å². The van der Waals surface area contributed by atoms with Crippen LogP contribution in [0.15, 0.2) is 18.2 Å². The molecule has 0 spiro atoms. The average Bonchev–Trinajstić information content (AvgIpc) is 2.36. The molecule has 0 fully saturated rings. The summed E-state index contributed by atoms with van der Waals surface area (Å²) in [6.45, 7) is 1.90. The summed E-state index contributed by atoms with van der Waals surface area (Å²) in [5, 5.41) is 8.87. The van der Waals surface area contributed by atoms with Gasteiger partial charge in [0, 0.05) is 13.1 Å². The summed E-state index contributed by atoms with van der Waals surface area (Å²) in [6, 6.07) is 5.90. The zero-order valence-electron chi connectivity index (χ0n) is 10.9. The molecule has 1 rings (SSSR count). The molecule has 0 radical (unpaired) electrons. The lowest BCUT2D eigenvalue weighted by molar-refractivity contribution is 0.217. The number of aliphatic hydroxyl groups excluding tert-OH is 1. The SMILES string of the molecule is COc1ccc(CN(C)CCO)cc1C#CCN. The van der Waals surface area contributed by atoms with Gasteiger partial charge in [-0.25, -0.2) is 0 Å². The van der Waals surface area contributed by atoms with E-state index in [4.69, 9.17) is 15.6 Å². The molecule has 0 aliphatic heterocycles. The van der Waals surface area contributed by atoms with Crippen molar-refractivity contribution in [2.75, 3.05) is 33.9 Å². The topological polar surface area (TPSA) is 58.7 Å². The summed E-state index contributed by atoms with van der Waals surface area (Å²) in [6.07, 6.45) is 0. The molecule has 4 nitrogen and oxygen atoms in total. The summed E-state index contributed by atoms with van der Waals surface area (Å²) in [7, 11) is 3.59. The van der Waals surface area contributed by atoms with E-state index in [1.54, 1.807) is 7.11 Å². The Kier molecular flexibility index (Phi) is 6.23. The number of benzene rings is 1. The Morgan fingerprint density at radius 1 is 1.44 bits per heavy atom. The highest BCUT2D eigenvalue weighted by Crippen LogP contribution is 2.19. The smallest absolute Gasteiger partial charge is 0.134 e. The molecule has 3 N–H and O–H groups in total. The van der Waals surface area contributed by atoms with E-state index in [-0.39, 0.29) is 6.61 Å². The second kappa shape index (κ2) is 7.72. The van der Waals surface area contributed by atoms with Gasteiger partial charge >= 0.3 is 0 Å². The van der Waals surface area contributed by atoms with Crippen LogP contribution in [0.5, 0.6) is 5.75 Å². The van der Waals surface area contributed by atoms with Gasteiger partial charge < -0.3 is 15.6 Å². The molecule has 0 unspecified atom stereocenters. The molecule has 0 aliphatic carbocycles. The number of likely N-dealkylation sites (N-methyl/N-ethyl adjacent to an activating group) is 1. The van der Waals surface area contributed by atoms with Crippen LogP contribution < -0.4 is 10.5 Å². The molecule has 18 heavy (non-hydrogen) atoms. The Morgan fingerprint density at radius 2 is 2.22 bits per heavy atom. The third kappa shape index (κ3) is 4.38. The summed E-state index contributed by atoms with van der Waals surface area (Å²) >= 11 is 0. The second-order valence-corrected chi connectivity index (χ2v) is 4.00. The first kappa shape index (κ1) is 14.5. The van der Waals surface area contributed by atoms with E-state index < -0.39 is 0 Å². The minimum atomic E-state index is 0.159. The highest BCUT2D eigenvalue weighted by molar-refractivity contribution is 5.48. The Morgan fingerprint density at radius 3 is 2.83 bits per heavy atom. The summed E-state index contributed by atoms with van der Waals surface area (Å²) < 4.78 is 5.25. The van der Waals surface area contributed by atoms with Crippen LogP contribution in [0.25, 0.3) is 0 Å². The van der Waals surface area contributed by atoms with Gasteiger partial charge in [-0.15, -0.1) is 0 Å². The highest BCUT2D eigenvalue weighted by atomic mass is 16.5. The number of hydrogen-bond acceptors (Lipinski definition) is 4. The third-order valence-corrected chi connectivity index (χ3v) is 2.52. The van der Waals surface area contributed by atoms with Crippen LogP contribution in [0.3, 0.4) is 0 Å². The van der Waals surface area contributed by atoms with Gasteiger partial charge in [-0.05, 0) is 24.7 Å². The molecule has 0 amide bonds. The van der Waals surface area contributed by atoms with Crippen molar-refractivity contribution >= 4 is 0 Å². The van der Waals surface area contributed by atoms with Gasteiger partial charge in [-0.1, -0.05) is 17.9 Å². The fourth-order valence-electron chi connectivity index (χ4n) is 1.66. The monoisotopic (exact) mass is 248 g/mol. The maximum atomic E-state index is 8.87. The molecule has 0 aromatic heterocycles. The number of nitrogens with zero attached hydrogens (tertiary/aromatic N) is 1. The molecular weight excluding hydrogens is 228 g/mol. The van der Waals surface area contributed by atoms with Gasteiger partial charge in [-0.3, -0.25) is 4.90 Å². The molecule has 98 valence electrons. The van der Waals surface area contributed by atoms with Crippen molar-refractivity contribution in [1.29, 1.82) is 0 Å². The Balaban J connectivity index is 2.88. The van der Waals surface area contributed by atoms with E-state index in [0.29, 0.717) is 13.1 Å². The van der Waals surface area contributed by atoms with Gasteiger partial charge in [0.25, 0.3) is 0 Å². The maximum Gasteiger partial charge on any atom is 0.134 e. The number of methoxy groups -OCH3 is 1. The molecule has 0 aliphatic rings. The third-order valence-electron chi connectivity index (χ3n) is 2.52. The van der Waals surface area contributed by atoms with E-state index in [0.717, 1.165) is 23.4 Å². The minimum absolute atomic E-state index is 0.159. The molecule has 1 aromatic rings. The number of hydrogen-bond donors (Lipinski definition) is 2. The molecular formula is C14H20N2O2. The van der Waals surface area contributed by atoms with E-state index in [1.165, 1.54) is 0 Å². The van der Waals surface area contributed by atoms with Crippen LogP contribution in [0.4, 0.5) is 0 Å². The number of rotatable bonds is 5. The maximum absolute atomic E-state index is 8.87. The van der Waals surface area contributed by atoms with Crippen molar-refractivity contribution in [1.82, 2.24) is 4.90 Å². The van der Waals surface area contributed by atoms with Crippen molar-refractivity contribution in [3.63, 3.8) is 0 Å². The standard InChI is InChI=1S/C14H20N2O2/c1-16(8-9-17)11-12-5-6-14(18-2)13(10-12)4-3-7-15/h5-6,10,17H,7-9,11,15H2,1-2H3. The largest absolute Gasteiger partial charge is 0.495 e. The Hall–Kier alpha value is -1.54. The lowest BCUT2D eigenvalue weighted by Crippen LogP contribution is -2.21. The zero-order chi connectivity index (χ0) is 13.4.